The molecule has 3 aromatic rings. The number of thiazole rings is 1. The molecule has 21 heavy (non-hydrogen) atoms. The van der Waals surface area contributed by atoms with Crippen molar-refractivity contribution in [1.82, 2.24) is 24.5 Å². The van der Waals surface area contributed by atoms with Crippen molar-refractivity contribution in [3.63, 3.8) is 0 Å². The standard InChI is InChI=1S/C13H17N7S/c1-8-12(15)11(19(2)17-8)4-3-10-9(14)7-20(18-10)13-16-5-6-21-13/h5-7H,3-4,14-15H2,1-2H3. The molecule has 3 heterocycles. The highest BCUT2D eigenvalue weighted by molar-refractivity contribution is 7.12. The number of anilines is 2. The fourth-order valence-corrected chi connectivity index (χ4v) is 2.87. The third-order valence-electron chi connectivity index (χ3n) is 3.43. The lowest BCUT2D eigenvalue weighted by Gasteiger charge is -2.02. The Morgan fingerprint density at radius 2 is 2.05 bits per heavy atom. The number of nitrogens with two attached hydrogens (primary N) is 2. The molecule has 4 N–H and O–H groups in total. The maximum Gasteiger partial charge on any atom is 0.210 e. The molecule has 0 aliphatic carbocycles. The molecule has 0 atom stereocenters. The summed E-state index contributed by atoms with van der Waals surface area (Å²) < 4.78 is 3.53. The topological polar surface area (TPSA) is 101 Å². The van der Waals surface area contributed by atoms with E-state index in [4.69, 9.17) is 11.5 Å². The molecule has 8 heteroatoms. The third-order valence-corrected chi connectivity index (χ3v) is 4.19. The zero-order valence-corrected chi connectivity index (χ0v) is 12.8. The predicted molar refractivity (Wildman–Crippen MR) is 83.4 cm³/mol. The highest BCUT2D eigenvalue weighted by Gasteiger charge is 2.13. The first kappa shape index (κ1) is 13.6. The fraction of sp³-hybridized carbons (Fsp3) is 0.308. The number of aromatic nitrogens is 5. The number of rotatable bonds is 4. The molecule has 0 aromatic carbocycles. The van der Waals surface area contributed by atoms with E-state index in [1.807, 2.05) is 24.0 Å². The first-order chi connectivity index (χ1) is 10.1. The van der Waals surface area contributed by atoms with Gasteiger partial charge in [-0.15, -0.1) is 11.3 Å². The van der Waals surface area contributed by atoms with Crippen LogP contribution in [0.1, 0.15) is 17.1 Å². The summed E-state index contributed by atoms with van der Waals surface area (Å²) in [6.45, 7) is 1.91. The third kappa shape index (κ3) is 2.49. The molecule has 0 saturated heterocycles. The van der Waals surface area contributed by atoms with E-state index < -0.39 is 0 Å². The van der Waals surface area contributed by atoms with Crippen LogP contribution in [0.5, 0.6) is 0 Å². The summed E-state index contributed by atoms with van der Waals surface area (Å²) in [5.41, 5.74) is 16.2. The molecule has 0 radical (unpaired) electrons. The van der Waals surface area contributed by atoms with Crippen LogP contribution in [0, 0.1) is 6.92 Å². The van der Waals surface area contributed by atoms with E-state index in [0.717, 1.165) is 34.3 Å². The fourth-order valence-electron chi connectivity index (χ4n) is 2.30. The average molecular weight is 303 g/mol. The van der Waals surface area contributed by atoms with E-state index in [-0.39, 0.29) is 0 Å². The van der Waals surface area contributed by atoms with Gasteiger partial charge >= 0.3 is 0 Å². The number of nitrogens with zero attached hydrogens (tertiary/aromatic N) is 5. The molecule has 0 fully saturated rings. The number of aryl methyl sites for hydroxylation is 3. The minimum atomic E-state index is 0.669. The molecule has 0 spiro atoms. The molecule has 110 valence electrons. The van der Waals surface area contributed by atoms with E-state index >= 15 is 0 Å². The van der Waals surface area contributed by atoms with Gasteiger partial charge in [0.2, 0.25) is 5.13 Å². The Balaban J connectivity index is 1.80. The largest absolute Gasteiger partial charge is 0.396 e. The lowest BCUT2D eigenvalue weighted by Crippen LogP contribution is -2.04. The van der Waals surface area contributed by atoms with Gasteiger partial charge in [0.15, 0.2) is 0 Å². The van der Waals surface area contributed by atoms with Crippen LogP contribution in [0.3, 0.4) is 0 Å². The monoisotopic (exact) mass is 303 g/mol. The van der Waals surface area contributed by atoms with Crippen LogP contribution >= 0.6 is 11.3 Å². The van der Waals surface area contributed by atoms with Crippen LogP contribution in [0.25, 0.3) is 5.13 Å². The summed E-state index contributed by atoms with van der Waals surface area (Å²) >= 11 is 1.52. The lowest BCUT2D eigenvalue weighted by atomic mass is 10.1. The van der Waals surface area contributed by atoms with E-state index in [1.54, 1.807) is 17.1 Å². The van der Waals surface area contributed by atoms with Crippen molar-refractivity contribution in [1.29, 1.82) is 0 Å². The van der Waals surface area contributed by atoms with Crippen molar-refractivity contribution in [3.05, 3.63) is 34.9 Å². The van der Waals surface area contributed by atoms with E-state index in [0.29, 0.717) is 12.1 Å². The van der Waals surface area contributed by atoms with Crippen molar-refractivity contribution in [2.75, 3.05) is 11.5 Å². The molecule has 0 unspecified atom stereocenters. The van der Waals surface area contributed by atoms with Crippen molar-refractivity contribution >= 4 is 22.7 Å². The molecular weight excluding hydrogens is 286 g/mol. The Hall–Kier alpha value is -2.35. The maximum atomic E-state index is 6.04. The molecule has 0 amide bonds. The molecule has 0 aliphatic heterocycles. The summed E-state index contributed by atoms with van der Waals surface area (Å²) in [7, 11) is 1.90. The summed E-state index contributed by atoms with van der Waals surface area (Å²) in [6.07, 6.45) is 5.01. The second-order valence-electron chi connectivity index (χ2n) is 4.86. The van der Waals surface area contributed by atoms with Crippen LogP contribution in [0.15, 0.2) is 17.8 Å². The Morgan fingerprint density at radius 1 is 1.24 bits per heavy atom. The SMILES string of the molecule is Cc1nn(C)c(CCc2nn(-c3nccs3)cc2N)c1N. The first-order valence-electron chi connectivity index (χ1n) is 6.58. The highest BCUT2D eigenvalue weighted by atomic mass is 32.1. The van der Waals surface area contributed by atoms with Gasteiger partial charge in [0.1, 0.15) is 0 Å². The van der Waals surface area contributed by atoms with E-state index in [2.05, 4.69) is 15.2 Å². The van der Waals surface area contributed by atoms with Crippen LogP contribution in [-0.2, 0) is 19.9 Å². The van der Waals surface area contributed by atoms with Crippen LogP contribution in [-0.4, -0.2) is 24.5 Å². The van der Waals surface area contributed by atoms with E-state index in [1.165, 1.54) is 11.3 Å². The molecule has 3 aromatic heterocycles. The normalized spacial score (nSPS) is 11.1. The molecule has 3 rings (SSSR count). The Labute approximate surface area is 126 Å². The first-order valence-corrected chi connectivity index (χ1v) is 7.46. The highest BCUT2D eigenvalue weighted by Crippen LogP contribution is 2.20. The summed E-state index contributed by atoms with van der Waals surface area (Å²) in [5.74, 6) is 0. The van der Waals surface area contributed by atoms with Crippen LogP contribution in [0.2, 0.25) is 0 Å². The summed E-state index contributed by atoms with van der Waals surface area (Å²) in [4.78, 5) is 4.22. The van der Waals surface area contributed by atoms with Gasteiger partial charge in [-0.05, 0) is 19.8 Å². The van der Waals surface area contributed by atoms with Crippen LogP contribution < -0.4 is 11.5 Å². The van der Waals surface area contributed by atoms with Gasteiger partial charge in [-0.25, -0.2) is 9.67 Å². The maximum absolute atomic E-state index is 6.04. The lowest BCUT2D eigenvalue weighted by molar-refractivity contribution is 0.692. The molecule has 0 aliphatic rings. The molecule has 0 saturated carbocycles. The van der Waals surface area contributed by atoms with Crippen molar-refractivity contribution in [2.45, 2.75) is 19.8 Å². The van der Waals surface area contributed by atoms with Gasteiger partial charge < -0.3 is 11.5 Å². The van der Waals surface area contributed by atoms with Gasteiger partial charge in [0.25, 0.3) is 0 Å². The second-order valence-corrected chi connectivity index (χ2v) is 5.73. The summed E-state index contributed by atoms with van der Waals surface area (Å²) in [6, 6.07) is 0. The van der Waals surface area contributed by atoms with Crippen molar-refractivity contribution < 1.29 is 0 Å². The van der Waals surface area contributed by atoms with Crippen molar-refractivity contribution in [2.24, 2.45) is 7.05 Å². The summed E-state index contributed by atoms with van der Waals surface area (Å²) in [5, 5.41) is 11.5. The van der Waals surface area contributed by atoms with Gasteiger partial charge in [-0.3, -0.25) is 4.68 Å². The number of hydrogen-bond acceptors (Lipinski definition) is 6. The van der Waals surface area contributed by atoms with Gasteiger partial charge in [-0.2, -0.15) is 10.2 Å². The molecular formula is C13H17N7S. The average Bonchev–Trinajstić information content (AvgIpc) is 3.12. The van der Waals surface area contributed by atoms with E-state index in [9.17, 15) is 0 Å². The van der Waals surface area contributed by atoms with Crippen LogP contribution in [0.4, 0.5) is 11.4 Å². The second kappa shape index (κ2) is 5.21. The Bertz CT molecular complexity index is 754. The van der Waals surface area contributed by atoms with Gasteiger partial charge in [0, 0.05) is 18.6 Å². The van der Waals surface area contributed by atoms with Gasteiger partial charge in [0.05, 0.1) is 34.7 Å². The van der Waals surface area contributed by atoms with Gasteiger partial charge in [-0.1, -0.05) is 0 Å². The minimum absolute atomic E-state index is 0.669. The predicted octanol–water partition coefficient (Wildman–Crippen LogP) is 1.32. The molecule has 0 bridgehead atoms. The number of nitrogen functional groups attached to an aromatic ring is 2. The zero-order valence-electron chi connectivity index (χ0n) is 11.9. The smallest absolute Gasteiger partial charge is 0.210 e. The quantitative estimate of drug-likeness (QED) is 0.757. The minimum Gasteiger partial charge on any atom is -0.396 e. The zero-order chi connectivity index (χ0) is 15.0. The Morgan fingerprint density at radius 3 is 2.67 bits per heavy atom. The Kier molecular flexibility index (Phi) is 3.38. The van der Waals surface area contributed by atoms with Crippen molar-refractivity contribution in [3.8, 4) is 5.13 Å². The molecule has 7 nitrogen and oxygen atoms in total. The number of hydrogen-bond donors (Lipinski definition) is 2.